The second-order valence-corrected chi connectivity index (χ2v) is 5.50. The van der Waals surface area contributed by atoms with Crippen molar-refractivity contribution in [3.05, 3.63) is 16.3 Å². The van der Waals surface area contributed by atoms with E-state index in [1.165, 1.54) is 4.88 Å². The standard InChI is InChI=1S/C12H20N2OS/c1-9-7-14(10(2)6-13-9)8-12-11(15-3)4-5-16-12/h4-5,9-10,13H,6-8H2,1-3H3. The van der Waals surface area contributed by atoms with E-state index in [0.717, 1.165) is 25.4 Å². The van der Waals surface area contributed by atoms with Gasteiger partial charge in [0.2, 0.25) is 0 Å². The molecular weight excluding hydrogens is 220 g/mol. The first-order chi connectivity index (χ1) is 7.70. The number of ether oxygens (including phenoxy) is 1. The molecule has 0 bridgehead atoms. The Kier molecular flexibility index (Phi) is 3.84. The quantitative estimate of drug-likeness (QED) is 0.874. The van der Waals surface area contributed by atoms with Gasteiger partial charge < -0.3 is 10.1 Å². The molecule has 1 N–H and O–H groups in total. The molecule has 0 amide bonds. The third-order valence-corrected chi connectivity index (χ3v) is 4.05. The molecule has 4 heteroatoms. The Morgan fingerprint density at radius 1 is 1.56 bits per heavy atom. The van der Waals surface area contributed by atoms with Crippen LogP contribution in [-0.2, 0) is 6.54 Å². The van der Waals surface area contributed by atoms with Gasteiger partial charge in [0, 0.05) is 31.7 Å². The molecule has 0 aromatic carbocycles. The largest absolute Gasteiger partial charge is 0.496 e. The molecule has 1 aromatic heterocycles. The average molecular weight is 240 g/mol. The van der Waals surface area contributed by atoms with Crippen molar-refractivity contribution in [3.8, 4) is 5.75 Å². The highest BCUT2D eigenvalue weighted by Crippen LogP contribution is 2.27. The Bertz CT molecular complexity index is 340. The molecule has 1 aromatic rings. The van der Waals surface area contributed by atoms with E-state index in [4.69, 9.17) is 4.74 Å². The normalized spacial score (nSPS) is 26.9. The van der Waals surface area contributed by atoms with Crippen LogP contribution in [0.2, 0.25) is 0 Å². The van der Waals surface area contributed by atoms with Crippen LogP contribution < -0.4 is 10.1 Å². The minimum absolute atomic E-state index is 0.585. The molecule has 0 radical (unpaired) electrons. The molecule has 1 saturated heterocycles. The SMILES string of the molecule is COc1ccsc1CN1CC(C)NCC1C. The Hall–Kier alpha value is -0.580. The Labute approximate surface area is 101 Å². The summed E-state index contributed by atoms with van der Waals surface area (Å²) >= 11 is 1.78. The highest BCUT2D eigenvalue weighted by atomic mass is 32.1. The molecule has 0 aliphatic carbocycles. The highest BCUT2D eigenvalue weighted by molar-refractivity contribution is 7.10. The monoisotopic (exact) mass is 240 g/mol. The number of nitrogens with zero attached hydrogens (tertiary/aromatic N) is 1. The molecule has 0 spiro atoms. The van der Waals surface area contributed by atoms with Gasteiger partial charge in [0.15, 0.2) is 0 Å². The van der Waals surface area contributed by atoms with Crippen LogP contribution in [0.3, 0.4) is 0 Å². The molecular formula is C12H20N2OS. The van der Waals surface area contributed by atoms with Gasteiger partial charge in [0.25, 0.3) is 0 Å². The molecule has 3 nitrogen and oxygen atoms in total. The van der Waals surface area contributed by atoms with Crippen LogP contribution in [0.5, 0.6) is 5.75 Å². The van der Waals surface area contributed by atoms with Gasteiger partial charge in [-0.25, -0.2) is 0 Å². The van der Waals surface area contributed by atoms with Crippen LogP contribution >= 0.6 is 11.3 Å². The number of nitrogens with one attached hydrogen (secondary N) is 1. The first-order valence-corrected chi connectivity index (χ1v) is 6.66. The van der Waals surface area contributed by atoms with E-state index in [-0.39, 0.29) is 0 Å². The summed E-state index contributed by atoms with van der Waals surface area (Å²) in [5.41, 5.74) is 0. The maximum Gasteiger partial charge on any atom is 0.134 e. The van der Waals surface area contributed by atoms with Gasteiger partial charge in [-0.05, 0) is 25.3 Å². The number of methoxy groups -OCH3 is 1. The van der Waals surface area contributed by atoms with Crippen LogP contribution in [0.15, 0.2) is 11.4 Å². The van der Waals surface area contributed by atoms with E-state index in [1.54, 1.807) is 18.4 Å². The second kappa shape index (κ2) is 5.17. The van der Waals surface area contributed by atoms with E-state index in [2.05, 4.69) is 35.5 Å². The lowest BCUT2D eigenvalue weighted by atomic mass is 10.1. The fourth-order valence-corrected chi connectivity index (χ4v) is 2.99. The Balaban J connectivity index is 2.02. The van der Waals surface area contributed by atoms with Crippen LogP contribution in [0, 0.1) is 0 Å². The van der Waals surface area contributed by atoms with Gasteiger partial charge >= 0.3 is 0 Å². The van der Waals surface area contributed by atoms with Gasteiger partial charge in [-0.2, -0.15) is 0 Å². The summed E-state index contributed by atoms with van der Waals surface area (Å²) < 4.78 is 5.36. The Morgan fingerprint density at radius 2 is 2.38 bits per heavy atom. The zero-order chi connectivity index (χ0) is 11.5. The molecule has 1 aliphatic heterocycles. The number of rotatable bonds is 3. The van der Waals surface area contributed by atoms with Gasteiger partial charge in [-0.3, -0.25) is 4.90 Å². The van der Waals surface area contributed by atoms with Gasteiger partial charge in [0.1, 0.15) is 5.75 Å². The van der Waals surface area contributed by atoms with Gasteiger partial charge in [0.05, 0.1) is 12.0 Å². The topological polar surface area (TPSA) is 24.5 Å². The van der Waals surface area contributed by atoms with Crippen LogP contribution in [0.25, 0.3) is 0 Å². The van der Waals surface area contributed by atoms with E-state index < -0.39 is 0 Å². The van der Waals surface area contributed by atoms with E-state index in [1.807, 2.05) is 0 Å². The molecule has 2 atom stereocenters. The van der Waals surface area contributed by atoms with Gasteiger partial charge in [-0.15, -0.1) is 11.3 Å². The highest BCUT2D eigenvalue weighted by Gasteiger charge is 2.23. The maximum absolute atomic E-state index is 5.36. The predicted octanol–water partition coefficient (Wildman–Crippen LogP) is 1.94. The number of piperazine rings is 1. The molecule has 2 heterocycles. The van der Waals surface area contributed by atoms with Crippen LogP contribution in [-0.4, -0.2) is 37.2 Å². The summed E-state index contributed by atoms with van der Waals surface area (Å²) in [5, 5.41) is 5.60. The van der Waals surface area contributed by atoms with Crippen molar-refractivity contribution in [1.29, 1.82) is 0 Å². The summed E-state index contributed by atoms with van der Waals surface area (Å²) in [6.45, 7) is 7.72. The van der Waals surface area contributed by atoms with E-state index >= 15 is 0 Å². The van der Waals surface area contributed by atoms with Crippen molar-refractivity contribution in [2.45, 2.75) is 32.5 Å². The summed E-state index contributed by atoms with van der Waals surface area (Å²) in [4.78, 5) is 3.86. The van der Waals surface area contributed by atoms with E-state index in [9.17, 15) is 0 Å². The number of hydrogen-bond donors (Lipinski definition) is 1. The van der Waals surface area contributed by atoms with Crippen molar-refractivity contribution in [3.63, 3.8) is 0 Å². The predicted molar refractivity (Wildman–Crippen MR) is 68.2 cm³/mol. The number of hydrogen-bond acceptors (Lipinski definition) is 4. The maximum atomic E-state index is 5.36. The fourth-order valence-electron chi connectivity index (χ4n) is 2.13. The smallest absolute Gasteiger partial charge is 0.134 e. The molecule has 90 valence electrons. The third kappa shape index (κ3) is 2.56. The second-order valence-electron chi connectivity index (χ2n) is 4.50. The summed E-state index contributed by atoms with van der Waals surface area (Å²) in [5.74, 6) is 1.03. The zero-order valence-electron chi connectivity index (χ0n) is 10.2. The first kappa shape index (κ1) is 11.9. The Morgan fingerprint density at radius 3 is 3.12 bits per heavy atom. The van der Waals surface area contributed by atoms with E-state index in [0.29, 0.717) is 12.1 Å². The van der Waals surface area contributed by atoms with Crippen molar-refractivity contribution in [2.24, 2.45) is 0 Å². The van der Waals surface area contributed by atoms with Crippen molar-refractivity contribution < 1.29 is 4.74 Å². The molecule has 1 aliphatic rings. The zero-order valence-corrected chi connectivity index (χ0v) is 11.0. The first-order valence-electron chi connectivity index (χ1n) is 5.78. The van der Waals surface area contributed by atoms with Gasteiger partial charge in [-0.1, -0.05) is 0 Å². The average Bonchev–Trinajstić information content (AvgIpc) is 2.71. The minimum Gasteiger partial charge on any atom is -0.496 e. The minimum atomic E-state index is 0.585. The van der Waals surface area contributed by atoms with Crippen molar-refractivity contribution in [1.82, 2.24) is 10.2 Å². The lowest BCUT2D eigenvalue weighted by Gasteiger charge is -2.37. The molecule has 16 heavy (non-hydrogen) atoms. The third-order valence-electron chi connectivity index (χ3n) is 3.16. The summed E-state index contributed by atoms with van der Waals surface area (Å²) in [7, 11) is 1.75. The number of thiophene rings is 1. The lowest BCUT2D eigenvalue weighted by molar-refractivity contribution is 0.139. The fraction of sp³-hybridized carbons (Fsp3) is 0.667. The van der Waals surface area contributed by atoms with Crippen LogP contribution in [0.1, 0.15) is 18.7 Å². The molecule has 0 saturated carbocycles. The molecule has 2 unspecified atom stereocenters. The lowest BCUT2D eigenvalue weighted by Crippen LogP contribution is -2.53. The van der Waals surface area contributed by atoms with Crippen LogP contribution in [0.4, 0.5) is 0 Å². The van der Waals surface area contributed by atoms with Crippen molar-refractivity contribution >= 4 is 11.3 Å². The molecule has 1 fully saturated rings. The van der Waals surface area contributed by atoms with Crippen molar-refractivity contribution in [2.75, 3.05) is 20.2 Å². The molecule has 2 rings (SSSR count). The summed E-state index contributed by atoms with van der Waals surface area (Å²) in [6, 6.07) is 3.24. The summed E-state index contributed by atoms with van der Waals surface area (Å²) in [6.07, 6.45) is 0.